The Morgan fingerprint density at radius 2 is 1.38 bits per heavy atom. The van der Waals surface area contributed by atoms with Crippen LogP contribution in [0, 0.1) is 0 Å². The molecule has 0 atom stereocenters. The second-order valence-electron chi connectivity index (χ2n) is 6.51. The highest BCUT2D eigenvalue weighted by Crippen LogP contribution is 2.27. The maximum atomic E-state index is 12.7. The van der Waals surface area contributed by atoms with Crippen molar-refractivity contribution in [2.24, 2.45) is 0 Å². The summed E-state index contributed by atoms with van der Waals surface area (Å²) in [4.78, 5) is 0.102. The van der Waals surface area contributed by atoms with Crippen molar-refractivity contribution < 1.29 is 22.6 Å². The maximum Gasteiger partial charge on any atom is 0.262 e. The van der Waals surface area contributed by atoms with Crippen LogP contribution in [0.3, 0.4) is 0 Å². The van der Waals surface area contributed by atoms with E-state index in [0.717, 1.165) is 0 Å². The highest BCUT2D eigenvalue weighted by atomic mass is 32.2. The SMILES string of the molecule is COc1cc(NC(=S)Nc2ccc(S(=O)(=O)Nc3ccccc3OC)cc2)cc(OC)c1. The molecule has 0 heterocycles. The first-order chi connectivity index (χ1) is 15.3. The first kappa shape index (κ1) is 23.2. The summed E-state index contributed by atoms with van der Waals surface area (Å²) in [6.07, 6.45) is 0. The van der Waals surface area contributed by atoms with Crippen molar-refractivity contribution in [1.82, 2.24) is 0 Å². The van der Waals surface area contributed by atoms with Crippen LogP contribution < -0.4 is 29.6 Å². The molecule has 0 fully saturated rings. The minimum atomic E-state index is -3.79. The van der Waals surface area contributed by atoms with E-state index in [0.29, 0.717) is 39.4 Å². The Labute approximate surface area is 192 Å². The second-order valence-corrected chi connectivity index (χ2v) is 8.60. The number of hydrogen-bond donors (Lipinski definition) is 3. The number of anilines is 3. The summed E-state index contributed by atoms with van der Waals surface area (Å²) in [5.74, 6) is 1.67. The van der Waals surface area contributed by atoms with Crippen LogP contribution in [0.1, 0.15) is 0 Å². The Hall–Kier alpha value is -3.50. The Morgan fingerprint density at radius 3 is 1.97 bits per heavy atom. The van der Waals surface area contributed by atoms with E-state index in [2.05, 4.69) is 15.4 Å². The fourth-order valence-corrected chi connectivity index (χ4v) is 4.13. The van der Waals surface area contributed by atoms with E-state index < -0.39 is 10.0 Å². The van der Waals surface area contributed by atoms with Gasteiger partial charge in [0.25, 0.3) is 10.0 Å². The zero-order chi connectivity index (χ0) is 23.1. The van der Waals surface area contributed by atoms with Gasteiger partial charge in [0.05, 0.1) is 31.9 Å². The lowest BCUT2D eigenvalue weighted by Gasteiger charge is -2.14. The van der Waals surface area contributed by atoms with Gasteiger partial charge in [-0.05, 0) is 48.6 Å². The van der Waals surface area contributed by atoms with Gasteiger partial charge in [0.1, 0.15) is 17.2 Å². The van der Waals surface area contributed by atoms with E-state index in [4.69, 9.17) is 26.4 Å². The molecule has 0 spiro atoms. The molecule has 10 heteroatoms. The Kier molecular flexibility index (Phi) is 7.39. The molecule has 32 heavy (non-hydrogen) atoms. The van der Waals surface area contributed by atoms with Gasteiger partial charge < -0.3 is 24.8 Å². The molecule has 0 saturated heterocycles. The van der Waals surface area contributed by atoms with Gasteiger partial charge in [0.15, 0.2) is 5.11 Å². The lowest BCUT2D eigenvalue weighted by Crippen LogP contribution is -2.19. The third-order valence-electron chi connectivity index (χ3n) is 4.38. The maximum absolute atomic E-state index is 12.7. The van der Waals surface area contributed by atoms with Crippen LogP contribution >= 0.6 is 12.2 Å². The van der Waals surface area contributed by atoms with Crippen LogP contribution in [0.25, 0.3) is 0 Å². The predicted molar refractivity (Wildman–Crippen MR) is 130 cm³/mol. The first-order valence-corrected chi connectivity index (χ1v) is 11.3. The van der Waals surface area contributed by atoms with Gasteiger partial charge in [-0.15, -0.1) is 0 Å². The van der Waals surface area contributed by atoms with Crippen molar-refractivity contribution in [3.63, 3.8) is 0 Å². The van der Waals surface area contributed by atoms with Crippen molar-refractivity contribution in [2.45, 2.75) is 4.90 Å². The fraction of sp³-hybridized carbons (Fsp3) is 0.136. The minimum Gasteiger partial charge on any atom is -0.497 e. The van der Waals surface area contributed by atoms with Crippen LogP contribution in [-0.2, 0) is 10.0 Å². The monoisotopic (exact) mass is 473 g/mol. The number of hydrogen-bond acceptors (Lipinski definition) is 6. The average Bonchev–Trinajstić information content (AvgIpc) is 2.79. The van der Waals surface area contributed by atoms with E-state index >= 15 is 0 Å². The molecule has 0 unspecified atom stereocenters. The highest BCUT2D eigenvalue weighted by molar-refractivity contribution is 7.92. The van der Waals surface area contributed by atoms with Gasteiger partial charge in [-0.1, -0.05) is 12.1 Å². The Morgan fingerprint density at radius 1 is 0.781 bits per heavy atom. The Bertz CT molecular complexity index is 1180. The third-order valence-corrected chi connectivity index (χ3v) is 5.97. The van der Waals surface area contributed by atoms with Gasteiger partial charge in [0.2, 0.25) is 0 Å². The minimum absolute atomic E-state index is 0.102. The van der Waals surface area contributed by atoms with Gasteiger partial charge in [-0.2, -0.15) is 0 Å². The van der Waals surface area contributed by atoms with Crippen LogP contribution in [0.2, 0.25) is 0 Å². The molecule has 168 valence electrons. The van der Waals surface area contributed by atoms with E-state index in [-0.39, 0.29) is 4.90 Å². The molecular weight excluding hydrogens is 450 g/mol. The third kappa shape index (κ3) is 5.80. The summed E-state index contributed by atoms with van der Waals surface area (Å²) >= 11 is 5.35. The number of benzene rings is 3. The van der Waals surface area contributed by atoms with E-state index in [1.54, 1.807) is 68.8 Å². The zero-order valence-corrected chi connectivity index (χ0v) is 19.3. The van der Waals surface area contributed by atoms with Crippen molar-refractivity contribution in [3.8, 4) is 17.2 Å². The van der Waals surface area contributed by atoms with Crippen LogP contribution in [0.5, 0.6) is 17.2 Å². The molecule has 0 aliphatic carbocycles. The molecule has 0 aliphatic heterocycles. The summed E-state index contributed by atoms with van der Waals surface area (Å²) in [5.41, 5.74) is 1.66. The van der Waals surface area contributed by atoms with Crippen molar-refractivity contribution in [3.05, 3.63) is 66.7 Å². The molecule has 0 bridgehead atoms. The van der Waals surface area contributed by atoms with Crippen LogP contribution in [0.4, 0.5) is 17.1 Å². The molecule has 0 radical (unpaired) electrons. The van der Waals surface area contributed by atoms with Gasteiger partial charge >= 0.3 is 0 Å². The molecule has 0 aromatic heterocycles. The van der Waals surface area contributed by atoms with E-state index in [1.165, 1.54) is 19.2 Å². The predicted octanol–water partition coefficient (Wildman–Crippen LogP) is 4.32. The summed E-state index contributed by atoms with van der Waals surface area (Å²) in [6, 6.07) is 18.3. The number of para-hydroxylation sites is 2. The summed E-state index contributed by atoms with van der Waals surface area (Å²) < 4.78 is 43.6. The van der Waals surface area contributed by atoms with Gasteiger partial charge in [-0.25, -0.2) is 8.42 Å². The number of sulfonamides is 1. The number of ether oxygens (including phenoxy) is 3. The molecule has 3 aromatic carbocycles. The molecule has 0 aliphatic rings. The normalized spacial score (nSPS) is 10.7. The molecule has 3 aromatic rings. The van der Waals surface area contributed by atoms with Crippen LogP contribution in [0.15, 0.2) is 71.6 Å². The van der Waals surface area contributed by atoms with Crippen molar-refractivity contribution in [1.29, 1.82) is 0 Å². The largest absolute Gasteiger partial charge is 0.497 e. The molecular formula is C22H23N3O5S2. The number of thiocarbonyl (C=S) groups is 1. The van der Waals surface area contributed by atoms with Gasteiger partial charge in [-0.3, -0.25) is 4.72 Å². The fourth-order valence-electron chi connectivity index (χ4n) is 2.82. The highest BCUT2D eigenvalue weighted by Gasteiger charge is 2.16. The van der Waals surface area contributed by atoms with E-state index in [9.17, 15) is 8.42 Å². The molecule has 8 nitrogen and oxygen atoms in total. The lowest BCUT2D eigenvalue weighted by molar-refractivity contribution is 0.395. The number of rotatable bonds is 8. The number of nitrogens with one attached hydrogen (secondary N) is 3. The topological polar surface area (TPSA) is 97.9 Å². The smallest absolute Gasteiger partial charge is 0.262 e. The molecule has 3 N–H and O–H groups in total. The van der Waals surface area contributed by atoms with Crippen molar-refractivity contribution in [2.75, 3.05) is 36.7 Å². The summed E-state index contributed by atoms with van der Waals surface area (Å²) in [7, 11) is 0.815. The lowest BCUT2D eigenvalue weighted by atomic mass is 10.3. The van der Waals surface area contributed by atoms with Crippen LogP contribution in [-0.4, -0.2) is 34.9 Å². The summed E-state index contributed by atoms with van der Waals surface area (Å²) in [5, 5.41) is 6.38. The first-order valence-electron chi connectivity index (χ1n) is 9.41. The molecule has 0 saturated carbocycles. The second kappa shape index (κ2) is 10.2. The summed E-state index contributed by atoms with van der Waals surface area (Å²) in [6.45, 7) is 0. The van der Waals surface area contributed by atoms with Gasteiger partial charge in [0, 0.05) is 29.6 Å². The quantitative estimate of drug-likeness (QED) is 0.416. The Balaban J connectivity index is 1.68. The van der Waals surface area contributed by atoms with E-state index in [1.807, 2.05) is 0 Å². The standard InChI is InChI=1S/C22H23N3O5S2/c1-28-17-12-16(13-18(14-17)29-2)24-22(31)23-15-8-10-19(11-9-15)32(26,27)25-20-6-4-5-7-21(20)30-3/h4-14,25H,1-3H3,(H2,23,24,31). The van der Waals surface area contributed by atoms with Crippen molar-refractivity contribution >= 4 is 44.4 Å². The molecule has 3 rings (SSSR count). The average molecular weight is 474 g/mol. The molecule has 0 amide bonds. The number of methoxy groups -OCH3 is 3. The zero-order valence-electron chi connectivity index (χ0n) is 17.7.